The van der Waals surface area contributed by atoms with Crippen molar-refractivity contribution in [3.63, 3.8) is 0 Å². The largest absolute Gasteiger partial charge is 0.412 e. The van der Waals surface area contributed by atoms with Crippen LogP contribution >= 0.6 is 33.2 Å². The van der Waals surface area contributed by atoms with E-state index in [1.165, 1.54) is 0 Å². The van der Waals surface area contributed by atoms with Crippen molar-refractivity contribution in [1.29, 1.82) is 0 Å². The second kappa shape index (κ2) is 5.34. The minimum Gasteiger partial charge on any atom is -0.170 e. The maximum atomic E-state index is 12.4. The summed E-state index contributed by atoms with van der Waals surface area (Å²) in [6.07, 6.45) is -22.2. The van der Waals surface area contributed by atoms with Crippen molar-refractivity contribution in [2.24, 2.45) is 5.41 Å². The topological polar surface area (TPSA) is 0 Å². The molecule has 0 atom stereocenters. The van der Waals surface area contributed by atoms with Crippen molar-refractivity contribution < 1.29 is 39.5 Å². The summed E-state index contributed by atoms with van der Waals surface area (Å²) in [5, 5.41) is 0. The Kier molecular flexibility index (Phi) is 5.47. The van der Waals surface area contributed by atoms with Crippen molar-refractivity contribution in [3.8, 4) is 0 Å². The van der Waals surface area contributed by atoms with Crippen LogP contribution < -0.4 is 0 Å². The lowest BCUT2D eigenvalue weighted by molar-refractivity contribution is -0.427. The van der Waals surface area contributed by atoms with Gasteiger partial charge in [0.2, 0.25) is 0 Å². The lowest BCUT2D eigenvalue weighted by Crippen LogP contribution is -2.59. The molecule has 0 fully saturated rings. The molecule has 13 heteroatoms. The molecule has 0 N–H and O–H groups in total. The van der Waals surface area contributed by atoms with Crippen molar-refractivity contribution >= 4 is 39.2 Å². The molecule has 116 valence electrons. The Morgan fingerprint density at radius 1 is 0.632 bits per heavy atom. The van der Waals surface area contributed by atoms with Crippen LogP contribution in [0.15, 0.2) is 0 Å². The summed E-state index contributed by atoms with van der Waals surface area (Å²) in [5.74, 6) is 0. The molecule has 0 amide bonds. The van der Waals surface area contributed by atoms with Gasteiger partial charge in [-0.3, -0.25) is 0 Å². The molecule has 0 spiro atoms. The second-order valence-electron chi connectivity index (χ2n) is 3.51. The van der Waals surface area contributed by atoms with Gasteiger partial charge in [-0.25, -0.2) is 0 Å². The molecule has 0 aromatic rings. The van der Waals surface area contributed by atoms with Crippen molar-refractivity contribution in [3.05, 3.63) is 0 Å². The fourth-order valence-corrected chi connectivity index (χ4v) is 2.75. The van der Waals surface area contributed by atoms with Gasteiger partial charge in [0.25, 0.3) is 5.41 Å². The Labute approximate surface area is 115 Å². The number of hydrogen-bond acceptors (Lipinski definition) is 0. The van der Waals surface area contributed by atoms with Gasteiger partial charge in [-0.15, -0.1) is 33.2 Å². The van der Waals surface area contributed by atoms with Gasteiger partial charge in [-0.1, -0.05) is 0 Å². The highest BCUT2D eigenvalue weighted by atomic mass is 35.8. The standard InChI is InChI=1S/C6H4Cl3F9Si/c7-19(8,9)2-1-3(4(10,11)12,5(13,14)15)6(16,17)18/h1-2H2. The van der Waals surface area contributed by atoms with E-state index in [1.54, 1.807) is 0 Å². The van der Waals surface area contributed by atoms with Crippen LogP contribution in [0.4, 0.5) is 39.5 Å². The van der Waals surface area contributed by atoms with Crippen LogP contribution in [-0.4, -0.2) is 24.5 Å². The highest BCUT2D eigenvalue weighted by molar-refractivity contribution is 7.64. The van der Waals surface area contributed by atoms with Crippen LogP contribution in [0.25, 0.3) is 0 Å². The van der Waals surface area contributed by atoms with Gasteiger partial charge in [-0.05, 0) is 12.5 Å². The van der Waals surface area contributed by atoms with Crippen LogP contribution in [0.1, 0.15) is 6.42 Å². The van der Waals surface area contributed by atoms with Gasteiger partial charge in [0, 0.05) is 0 Å². The van der Waals surface area contributed by atoms with E-state index in [4.69, 9.17) is 33.2 Å². The monoisotopic (exact) mass is 380 g/mol. The summed E-state index contributed by atoms with van der Waals surface area (Å²) in [7, 11) is 0. The molecule has 0 rings (SSSR count). The van der Waals surface area contributed by atoms with E-state index < -0.39 is 42.4 Å². The molecule has 0 radical (unpaired) electrons. The van der Waals surface area contributed by atoms with E-state index in [2.05, 4.69) is 0 Å². The van der Waals surface area contributed by atoms with Crippen LogP contribution in [-0.2, 0) is 0 Å². The molecule has 0 nitrogen and oxygen atoms in total. The zero-order valence-electron chi connectivity index (χ0n) is 8.45. The molecule has 0 heterocycles. The summed E-state index contributed by atoms with van der Waals surface area (Å²) in [4.78, 5) is 0. The fourth-order valence-electron chi connectivity index (χ4n) is 1.24. The SMILES string of the molecule is FC(F)(F)C(CC[Si](Cl)(Cl)Cl)(C(F)(F)F)C(F)(F)F. The third-order valence-corrected chi connectivity index (χ3v) is 4.75. The molecule has 0 aliphatic carbocycles. The molecular weight excluding hydrogens is 377 g/mol. The van der Waals surface area contributed by atoms with E-state index in [1.807, 2.05) is 0 Å². The first-order valence-electron chi connectivity index (χ1n) is 4.22. The summed E-state index contributed by atoms with van der Waals surface area (Å²) in [6, 6.07) is -5.52. The summed E-state index contributed by atoms with van der Waals surface area (Å²) in [5.41, 5.74) is -5.90. The lowest BCUT2D eigenvalue weighted by atomic mass is 9.82. The minimum absolute atomic E-state index is 1.43. The summed E-state index contributed by atoms with van der Waals surface area (Å²) >= 11 is 15.2. The van der Waals surface area contributed by atoms with Crippen molar-refractivity contribution in [2.75, 3.05) is 0 Å². The zero-order chi connectivity index (χ0) is 15.9. The predicted octanol–water partition coefficient (Wildman–Crippen LogP) is 5.71. The van der Waals surface area contributed by atoms with E-state index >= 15 is 0 Å². The van der Waals surface area contributed by atoms with Crippen LogP contribution in [0.2, 0.25) is 6.04 Å². The van der Waals surface area contributed by atoms with Gasteiger partial charge < -0.3 is 0 Å². The van der Waals surface area contributed by atoms with Crippen LogP contribution in [0.3, 0.4) is 0 Å². The van der Waals surface area contributed by atoms with Gasteiger partial charge in [-0.2, -0.15) is 39.5 Å². The minimum atomic E-state index is -6.60. The van der Waals surface area contributed by atoms with E-state index in [0.717, 1.165) is 0 Å². The maximum absolute atomic E-state index is 12.4. The molecule has 0 saturated carbocycles. The Morgan fingerprint density at radius 3 is 1.05 bits per heavy atom. The van der Waals surface area contributed by atoms with Crippen LogP contribution in [0, 0.1) is 5.41 Å². The van der Waals surface area contributed by atoms with Crippen LogP contribution in [0.5, 0.6) is 0 Å². The molecule has 0 aromatic heterocycles. The van der Waals surface area contributed by atoms with E-state index in [-0.39, 0.29) is 0 Å². The third-order valence-electron chi connectivity index (χ3n) is 2.24. The van der Waals surface area contributed by atoms with Gasteiger partial charge in [0.1, 0.15) is 0 Å². The lowest BCUT2D eigenvalue weighted by Gasteiger charge is -2.38. The molecule has 0 aliphatic heterocycles. The molecule has 0 aliphatic rings. The van der Waals surface area contributed by atoms with Gasteiger partial charge in [0.05, 0.1) is 0 Å². The van der Waals surface area contributed by atoms with Crippen molar-refractivity contribution in [2.45, 2.75) is 31.0 Å². The molecule has 0 bridgehead atoms. The highest BCUT2D eigenvalue weighted by Crippen LogP contribution is 2.62. The third kappa shape index (κ3) is 4.21. The number of rotatable bonds is 3. The molecule has 0 saturated heterocycles. The quantitative estimate of drug-likeness (QED) is 0.334. The maximum Gasteiger partial charge on any atom is 0.412 e. The molecule has 0 unspecified atom stereocenters. The number of alkyl halides is 9. The van der Waals surface area contributed by atoms with E-state index in [0.29, 0.717) is 0 Å². The average Bonchev–Trinajstić information content (AvgIpc) is 1.92. The van der Waals surface area contributed by atoms with Gasteiger partial charge in [0.15, 0.2) is 0 Å². The Morgan fingerprint density at radius 2 is 0.895 bits per heavy atom. The Hall–Kier alpha value is 0.457. The fraction of sp³-hybridized carbons (Fsp3) is 1.00. The average molecular weight is 382 g/mol. The molecule has 19 heavy (non-hydrogen) atoms. The first-order valence-corrected chi connectivity index (χ1v) is 9.47. The second-order valence-corrected chi connectivity index (χ2v) is 12.8. The highest BCUT2D eigenvalue weighted by Gasteiger charge is 2.83. The number of halogens is 12. The van der Waals surface area contributed by atoms with Crippen molar-refractivity contribution in [1.82, 2.24) is 0 Å². The molecular formula is C6H4Cl3F9Si. The van der Waals surface area contributed by atoms with E-state index in [9.17, 15) is 39.5 Å². The first kappa shape index (κ1) is 19.5. The smallest absolute Gasteiger partial charge is 0.170 e. The summed E-state index contributed by atoms with van der Waals surface area (Å²) in [6.45, 7) is 0. The van der Waals surface area contributed by atoms with Gasteiger partial charge >= 0.3 is 24.5 Å². The summed E-state index contributed by atoms with van der Waals surface area (Å²) < 4.78 is 111. The normalized spacial score (nSPS) is 15.8. The zero-order valence-corrected chi connectivity index (χ0v) is 11.7. The Balaban J connectivity index is 5.83. The first-order chi connectivity index (χ1) is 7.96. The number of hydrogen-bond donors (Lipinski definition) is 0. The molecule has 0 aromatic carbocycles. The predicted molar refractivity (Wildman–Crippen MR) is 53.3 cm³/mol. The Bertz CT molecular complexity index is 276.